The van der Waals surface area contributed by atoms with E-state index in [-0.39, 0.29) is 0 Å². The van der Waals surface area contributed by atoms with Gasteiger partial charge in [0.1, 0.15) is 0 Å². The molecular formula is C16H22N2S2. The van der Waals surface area contributed by atoms with Crippen molar-refractivity contribution in [3.63, 3.8) is 0 Å². The van der Waals surface area contributed by atoms with Gasteiger partial charge in [-0.3, -0.25) is 0 Å². The van der Waals surface area contributed by atoms with Crippen molar-refractivity contribution in [1.82, 2.24) is 10.6 Å². The number of hydrogen-bond acceptors (Lipinski definition) is 4. The molecule has 0 saturated heterocycles. The van der Waals surface area contributed by atoms with Crippen LogP contribution in [0, 0.1) is 0 Å². The van der Waals surface area contributed by atoms with Gasteiger partial charge < -0.3 is 10.6 Å². The van der Waals surface area contributed by atoms with Crippen LogP contribution in [0.25, 0.3) is 0 Å². The molecule has 1 aliphatic rings. The van der Waals surface area contributed by atoms with E-state index >= 15 is 0 Å². The molecule has 0 bridgehead atoms. The van der Waals surface area contributed by atoms with Crippen LogP contribution in [0.5, 0.6) is 0 Å². The Morgan fingerprint density at radius 1 is 0.850 bits per heavy atom. The molecule has 3 rings (SSSR count). The number of hydrogen-bond donors (Lipinski definition) is 2. The summed E-state index contributed by atoms with van der Waals surface area (Å²) in [6.45, 7) is 2.01. The molecule has 4 heteroatoms. The molecule has 2 aromatic heterocycles. The molecule has 0 unspecified atom stereocenters. The van der Waals surface area contributed by atoms with E-state index in [2.05, 4.69) is 44.3 Å². The van der Waals surface area contributed by atoms with Crippen LogP contribution in [0.1, 0.15) is 36.8 Å². The predicted molar refractivity (Wildman–Crippen MR) is 88.4 cm³/mol. The molecule has 0 spiro atoms. The SMILES string of the molecule is c1cc(CN[C@@H]2CCCC[C@H]2NCc2ccsc2)cs1. The lowest BCUT2D eigenvalue weighted by atomic mass is 9.90. The van der Waals surface area contributed by atoms with Crippen LogP contribution < -0.4 is 10.6 Å². The second kappa shape index (κ2) is 7.36. The van der Waals surface area contributed by atoms with Crippen LogP contribution in [-0.4, -0.2) is 12.1 Å². The lowest BCUT2D eigenvalue weighted by Gasteiger charge is -2.33. The topological polar surface area (TPSA) is 24.1 Å². The molecule has 0 aromatic carbocycles. The molecule has 0 radical (unpaired) electrons. The fraction of sp³-hybridized carbons (Fsp3) is 0.500. The Hall–Kier alpha value is -0.680. The van der Waals surface area contributed by atoms with E-state index in [0.29, 0.717) is 12.1 Å². The minimum Gasteiger partial charge on any atom is -0.308 e. The molecule has 1 fully saturated rings. The maximum atomic E-state index is 3.75. The number of thiophene rings is 2. The molecule has 2 aromatic rings. The fourth-order valence-electron chi connectivity index (χ4n) is 2.90. The summed E-state index contributed by atoms with van der Waals surface area (Å²) in [4.78, 5) is 0. The molecule has 20 heavy (non-hydrogen) atoms. The Kier molecular flexibility index (Phi) is 5.25. The summed E-state index contributed by atoms with van der Waals surface area (Å²) in [5.74, 6) is 0. The van der Waals surface area contributed by atoms with Gasteiger partial charge >= 0.3 is 0 Å². The Bertz CT molecular complexity index is 432. The first kappa shape index (κ1) is 14.3. The maximum absolute atomic E-state index is 3.75. The van der Waals surface area contributed by atoms with Gasteiger partial charge in [-0.1, -0.05) is 12.8 Å². The average molecular weight is 306 g/mol. The maximum Gasteiger partial charge on any atom is 0.0224 e. The van der Waals surface area contributed by atoms with Crippen molar-refractivity contribution in [2.45, 2.75) is 50.9 Å². The Morgan fingerprint density at radius 3 is 1.75 bits per heavy atom. The van der Waals surface area contributed by atoms with E-state index in [1.165, 1.54) is 36.8 Å². The summed E-state index contributed by atoms with van der Waals surface area (Å²) in [7, 11) is 0. The van der Waals surface area contributed by atoms with Crippen molar-refractivity contribution >= 4 is 22.7 Å². The molecule has 0 amide bonds. The van der Waals surface area contributed by atoms with Gasteiger partial charge in [-0.2, -0.15) is 22.7 Å². The van der Waals surface area contributed by atoms with Crippen LogP contribution in [0.4, 0.5) is 0 Å². The van der Waals surface area contributed by atoms with E-state index in [9.17, 15) is 0 Å². The minimum absolute atomic E-state index is 0.613. The minimum atomic E-state index is 0.613. The van der Waals surface area contributed by atoms with Gasteiger partial charge in [0.25, 0.3) is 0 Å². The first-order valence-corrected chi connectivity index (χ1v) is 9.29. The summed E-state index contributed by atoms with van der Waals surface area (Å²) in [6, 6.07) is 5.66. The van der Waals surface area contributed by atoms with Gasteiger partial charge in [0.05, 0.1) is 0 Å². The molecule has 2 atom stereocenters. The van der Waals surface area contributed by atoms with Crippen molar-refractivity contribution in [3.05, 3.63) is 44.8 Å². The van der Waals surface area contributed by atoms with Gasteiger partial charge in [-0.15, -0.1) is 0 Å². The zero-order valence-corrected chi connectivity index (χ0v) is 13.3. The van der Waals surface area contributed by atoms with Crippen molar-refractivity contribution < 1.29 is 0 Å². The van der Waals surface area contributed by atoms with Crippen LogP contribution in [0.15, 0.2) is 33.7 Å². The highest BCUT2D eigenvalue weighted by atomic mass is 32.1. The van der Waals surface area contributed by atoms with Crippen LogP contribution in [0.2, 0.25) is 0 Å². The highest BCUT2D eigenvalue weighted by molar-refractivity contribution is 7.08. The average Bonchev–Trinajstić information content (AvgIpc) is 3.17. The zero-order chi connectivity index (χ0) is 13.6. The summed E-state index contributed by atoms with van der Waals surface area (Å²) >= 11 is 3.56. The quantitative estimate of drug-likeness (QED) is 0.843. The van der Waals surface area contributed by atoms with E-state index in [4.69, 9.17) is 0 Å². The zero-order valence-electron chi connectivity index (χ0n) is 11.7. The summed E-state index contributed by atoms with van der Waals surface area (Å²) in [6.07, 6.45) is 5.31. The van der Waals surface area contributed by atoms with Crippen molar-refractivity contribution in [2.24, 2.45) is 0 Å². The lowest BCUT2D eigenvalue weighted by Crippen LogP contribution is -2.49. The molecule has 108 valence electrons. The predicted octanol–water partition coefficient (Wildman–Crippen LogP) is 4.00. The third-order valence-electron chi connectivity index (χ3n) is 4.06. The third-order valence-corrected chi connectivity index (χ3v) is 5.53. The molecule has 2 N–H and O–H groups in total. The molecule has 1 aliphatic carbocycles. The number of rotatable bonds is 6. The molecule has 1 saturated carbocycles. The van der Waals surface area contributed by atoms with Crippen molar-refractivity contribution in [3.8, 4) is 0 Å². The van der Waals surface area contributed by atoms with Crippen molar-refractivity contribution in [1.29, 1.82) is 0 Å². The summed E-state index contributed by atoms with van der Waals surface area (Å²) in [5, 5.41) is 16.3. The molecule has 2 nitrogen and oxygen atoms in total. The molecular weight excluding hydrogens is 284 g/mol. The smallest absolute Gasteiger partial charge is 0.0224 e. The van der Waals surface area contributed by atoms with Crippen LogP contribution in [-0.2, 0) is 13.1 Å². The first-order valence-electron chi connectivity index (χ1n) is 7.41. The highest BCUT2D eigenvalue weighted by Gasteiger charge is 2.24. The second-order valence-electron chi connectivity index (χ2n) is 5.52. The second-order valence-corrected chi connectivity index (χ2v) is 7.08. The van der Waals surface area contributed by atoms with Gasteiger partial charge in [0.2, 0.25) is 0 Å². The molecule has 0 aliphatic heterocycles. The summed E-state index contributed by atoms with van der Waals surface area (Å²) in [5.41, 5.74) is 2.83. The largest absolute Gasteiger partial charge is 0.308 e. The third kappa shape index (κ3) is 3.92. The Morgan fingerprint density at radius 2 is 1.35 bits per heavy atom. The van der Waals surface area contributed by atoms with Gasteiger partial charge in [0, 0.05) is 25.2 Å². The van der Waals surface area contributed by atoms with E-state index in [0.717, 1.165) is 13.1 Å². The molecule has 2 heterocycles. The normalized spacial score (nSPS) is 23.0. The van der Waals surface area contributed by atoms with E-state index < -0.39 is 0 Å². The Balaban J connectivity index is 1.50. The van der Waals surface area contributed by atoms with Gasteiger partial charge in [-0.05, 0) is 57.6 Å². The van der Waals surface area contributed by atoms with Crippen LogP contribution in [0.3, 0.4) is 0 Å². The summed E-state index contributed by atoms with van der Waals surface area (Å²) < 4.78 is 0. The lowest BCUT2D eigenvalue weighted by molar-refractivity contribution is 0.281. The standard InChI is InChI=1S/C16H22N2S2/c1-2-4-16(18-10-14-6-8-20-12-14)15(3-1)17-9-13-5-7-19-11-13/h5-8,11-12,15-18H,1-4,9-10H2/t15-,16-/m1/s1. The Labute approximate surface area is 129 Å². The monoisotopic (exact) mass is 306 g/mol. The number of nitrogens with one attached hydrogen (secondary N) is 2. The van der Waals surface area contributed by atoms with E-state index in [1.54, 1.807) is 22.7 Å². The van der Waals surface area contributed by atoms with Gasteiger partial charge in [-0.25, -0.2) is 0 Å². The van der Waals surface area contributed by atoms with Gasteiger partial charge in [0.15, 0.2) is 0 Å². The highest BCUT2D eigenvalue weighted by Crippen LogP contribution is 2.20. The first-order chi connectivity index (χ1) is 9.92. The fourth-order valence-corrected chi connectivity index (χ4v) is 4.24. The van der Waals surface area contributed by atoms with E-state index in [1.807, 2.05) is 0 Å². The van der Waals surface area contributed by atoms with Crippen LogP contribution >= 0.6 is 22.7 Å². The van der Waals surface area contributed by atoms with Crippen molar-refractivity contribution in [2.75, 3.05) is 0 Å².